The fourth-order valence-corrected chi connectivity index (χ4v) is 1.41. The van der Waals surface area contributed by atoms with Gasteiger partial charge in [0.1, 0.15) is 12.3 Å². The van der Waals surface area contributed by atoms with Crippen molar-refractivity contribution < 1.29 is 9.63 Å². The van der Waals surface area contributed by atoms with Gasteiger partial charge in [0, 0.05) is 16.1 Å². The zero-order valence-corrected chi connectivity index (χ0v) is 8.86. The van der Waals surface area contributed by atoms with Crippen molar-refractivity contribution in [1.29, 1.82) is 0 Å². The first-order chi connectivity index (χ1) is 6.79. The lowest BCUT2D eigenvalue weighted by atomic mass is 10.1. The zero-order chi connectivity index (χ0) is 9.97. The summed E-state index contributed by atoms with van der Waals surface area (Å²) in [5, 5.41) is 12.6. The molecule has 0 aliphatic carbocycles. The Hall–Kier alpha value is -1.13. The molecule has 0 bridgehead atoms. The Kier molecular flexibility index (Phi) is 2.65. The molecule has 4 heteroatoms. The first-order valence-corrected chi connectivity index (χ1v) is 4.91. The van der Waals surface area contributed by atoms with Gasteiger partial charge in [0.05, 0.1) is 0 Å². The topological polar surface area (TPSA) is 46.3 Å². The molecule has 0 saturated heterocycles. The van der Waals surface area contributed by atoms with E-state index in [-0.39, 0.29) is 6.61 Å². The summed E-state index contributed by atoms with van der Waals surface area (Å²) in [6.07, 6.45) is 0. The van der Waals surface area contributed by atoms with E-state index in [1.165, 1.54) is 0 Å². The fraction of sp³-hybridized carbons (Fsp3) is 0.100. The summed E-state index contributed by atoms with van der Waals surface area (Å²) in [4.78, 5) is 0. The minimum absolute atomic E-state index is 0.121. The molecule has 0 atom stereocenters. The van der Waals surface area contributed by atoms with E-state index in [0.29, 0.717) is 5.76 Å². The Bertz CT molecular complexity index is 422. The highest BCUT2D eigenvalue weighted by atomic mass is 79.9. The molecule has 0 saturated carbocycles. The van der Waals surface area contributed by atoms with Gasteiger partial charge in [-0.1, -0.05) is 33.2 Å². The highest BCUT2D eigenvalue weighted by Gasteiger charge is 2.04. The minimum Gasteiger partial charge on any atom is -0.388 e. The maximum atomic E-state index is 8.80. The number of hydrogen-bond acceptors (Lipinski definition) is 3. The number of rotatable bonds is 2. The summed E-state index contributed by atoms with van der Waals surface area (Å²) in [5.41, 5.74) is 1.71. The van der Waals surface area contributed by atoms with Gasteiger partial charge in [-0.25, -0.2) is 0 Å². The number of halogens is 1. The maximum absolute atomic E-state index is 8.80. The van der Waals surface area contributed by atoms with Crippen LogP contribution in [0.3, 0.4) is 0 Å². The number of nitrogens with zero attached hydrogens (tertiary/aromatic N) is 1. The summed E-state index contributed by atoms with van der Waals surface area (Å²) in [5.74, 6) is 0.475. The predicted octanol–water partition coefficient (Wildman–Crippen LogP) is 2.60. The van der Waals surface area contributed by atoms with Gasteiger partial charge < -0.3 is 9.63 Å². The zero-order valence-electron chi connectivity index (χ0n) is 7.27. The lowest BCUT2D eigenvalue weighted by Crippen LogP contribution is -1.76. The second-order valence-corrected chi connectivity index (χ2v) is 3.76. The van der Waals surface area contributed by atoms with Crippen molar-refractivity contribution >= 4 is 15.9 Å². The molecular weight excluding hydrogens is 246 g/mol. The lowest BCUT2D eigenvalue weighted by molar-refractivity contribution is 0.229. The number of aliphatic hydroxyl groups excluding tert-OH is 1. The standard InChI is InChI=1S/C10H8BrNO2/c11-8-3-1-7(2-4-8)10-5-9(6-13)14-12-10/h1-5,13H,6H2. The van der Waals surface area contributed by atoms with Gasteiger partial charge in [0.2, 0.25) is 0 Å². The Labute approximate surface area is 89.5 Å². The van der Waals surface area contributed by atoms with Crippen molar-refractivity contribution in [1.82, 2.24) is 5.16 Å². The van der Waals surface area contributed by atoms with E-state index in [1.807, 2.05) is 24.3 Å². The molecule has 0 spiro atoms. The maximum Gasteiger partial charge on any atom is 0.162 e. The SMILES string of the molecule is OCc1cc(-c2ccc(Br)cc2)no1. The number of hydrogen-bond donors (Lipinski definition) is 1. The Morgan fingerprint density at radius 2 is 2.00 bits per heavy atom. The van der Waals surface area contributed by atoms with E-state index in [1.54, 1.807) is 6.07 Å². The van der Waals surface area contributed by atoms with Crippen LogP contribution in [-0.2, 0) is 6.61 Å². The second-order valence-electron chi connectivity index (χ2n) is 2.84. The van der Waals surface area contributed by atoms with Gasteiger partial charge in [-0.2, -0.15) is 0 Å². The molecule has 3 nitrogen and oxygen atoms in total. The van der Waals surface area contributed by atoms with E-state index in [2.05, 4.69) is 21.1 Å². The molecule has 0 amide bonds. The van der Waals surface area contributed by atoms with E-state index in [0.717, 1.165) is 15.7 Å². The molecule has 2 aromatic rings. The number of aromatic nitrogens is 1. The van der Waals surface area contributed by atoms with Crippen LogP contribution < -0.4 is 0 Å². The van der Waals surface area contributed by atoms with Crippen molar-refractivity contribution in [2.45, 2.75) is 6.61 Å². The van der Waals surface area contributed by atoms with Crippen LogP contribution in [0.2, 0.25) is 0 Å². The van der Waals surface area contributed by atoms with Gasteiger partial charge in [0.25, 0.3) is 0 Å². The first kappa shape index (κ1) is 9.43. The van der Waals surface area contributed by atoms with Crippen LogP contribution in [-0.4, -0.2) is 10.3 Å². The van der Waals surface area contributed by atoms with Gasteiger partial charge >= 0.3 is 0 Å². The van der Waals surface area contributed by atoms with Crippen LogP contribution in [0.5, 0.6) is 0 Å². The molecule has 0 unspecified atom stereocenters. The van der Waals surface area contributed by atoms with E-state index >= 15 is 0 Å². The molecule has 0 radical (unpaired) electrons. The van der Waals surface area contributed by atoms with E-state index in [9.17, 15) is 0 Å². The fourth-order valence-electron chi connectivity index (χ4n) is 1.14. The highest BCUT2D eigenvalue weighted by Crippen LogP contribution is 2.21. The van der Waals surface area contributed by atoms with Gasteiger partial charge in [-0.05, 0) is 12.1 Å². The molecule has 0 aliphatic rings. The van der Waals surface area contributed by atoms with Crippen molar-refractivity contribution in [2.24, 2.45) is 0 Å². The first-order valence-electron chi connectivity index (χ1n) is 4.12. The van der Waals surface area contributed by atoms with Crippen molar-refractivity contribution in [3.8, 4) is 11.3 Å². The summed E-state index contributed by atoms with van der Waals surface area (Å²) < 4.78 is 5.91. The molecule has 72 valence electrons. The van der Waals surface area contributed by atoms with Crippen molar-refractivity contribution in [2.75, 3.05) is 0 Å². The van der Waals surface area contributed by atoms with Crippen LogP contribution in [0.4, 0.5) is 0 Å². The predicted molar refractivity (Wildman–Crippen MR) is 55.6 cm³/mol. The van der Waals surface area contributed by atoms with Crippen LogP contribution in [0, 0.1) is 0 Å². The van der Waals surface area contributed by atoms with Gasteiger partial charge in [-0.15, -0.1) is 0 Å². The summed E-state index contributed by atoms with van der Waals surface area (Å²) in [6, 6.07) is 9.46. The molecule has 1 N–H and O–H groups in total. The monoisotopic (exact) mass is 253 g/mol. The quantitative estimate of drug-likeness (QED) is 0.895. The average Bonchev–Trinajstić information content (AvgIpc) is 2.67. The normalized spacial score (nSPS) is 10.4. The second kappa shape index (κ2) is 3.94. The van der Waals surface area contributed by atoms with Crippen molar-refractivity contribution in [3.63, 3.8) is 0 Å². The third-order valence-electron chi connectivity index (χ3n) is 1.85. The smallest absolute Gasteiger partial charge is 0.162 e. The van der Waals surface area contributed by atoms with Crippen LogP contribution in [0.25, 0.3) is 11.3 Å². The van der Waals surface area contributed by atoms with Gasteiger partial charge in [-0.3, -0.25) is 0 Å². The van der Waals surface area contributed by atoms with E-state index in [4.69, 9.17) is 9.63 Å². The number of aliphatic hydroxyl groups is 1. The molecule has 0 fully saturated rings. The Morgan fingerprint density at radius 3 is 2.57 bits per heavy atom. The summed E-state index contributed by atoms with van der Waals surface area (Å²) >= 11 is 3.35. The molecule has 14 heavy (non-hydrogen) atoms. The molecular formula is C10H8BrNO2. The van der Waals surface area contributed by atoms with Crippen molar-refractivity contribution in [3.05, 3.63) is 40.6 Å². The Balaban J connectivity index is 2.34. The number of benzene rings is 1. The summed E-state index contributed by atoms with van der Waals surface area (Å²) in [7, 11) is 0. The Morgan fingerprint density at radius 1 is 1.29 bits per heavy atom. The third kappa shape index (κ3) is 1.86. The minimum atomic E-state index is -0.121. The molecule has 2 rings (SSSR count). The largest absolute Gasteiger partial charge is 0.388 e. The van der Waals surface area contributed by atoms with E-state index < -0.39 is 0 Å². The third-order valence-corrected chi connectivity index (χ3v) is 2.38. The van der Waals surface area contributed by atoms with Crippen LogP contribution in [0.1, 0.15) is 5.76 Å². The highest BCUT2D eigenvalue weighted by molar-refractivity contribution is 9.10. The molecule has 1 aromatic carbocycles. The van der Waals surface area contributed by atoms with Gasteiger partial charge in [0.15, 0.2) is 5.76 Å². The molecule has 1 aromatic heterocycles. The average molecular weight is 254 g/mol. The van der Waals surface area contributed by atoms with Crippen LogP contribution in [0.15, 0.2) is 39.3 Å². The summed E-state index contributed by atoms with van der Waals surface area (Å²) in [6.45, 7) is -0.121. The lowest BCUT2D eigenvalue weighted by Gasteiger charge is -1.94. The van der Waals surface area contributed by atoms with Crippen LogP contribution >= 0.6 is 15.9 Å². The molecule has 0 aliphatic heterocycles. The molecule has 1 heterocycles.